The Hall–Kier alpha value is -2.41. The van der Waals surface area contributed by atoms with Crippen molar-refractivity contribution >= 4 is 21.4 Å². The molecule has 7 heteroatoms. The second-order valence-electron chi connectivity index (χ2n) is 6.10. The van der Waals surface area contributed by atoms with E-state index in [2.05, 4.69) is 11.7 Å². The van der Waals surface area contributed by atoms with Gasteiger partial charge >= 0.3 is 0 Å². The van der Waals surface area contributed by atoms with Crippen LogP contribution in [0.4, 0.5) is 0 Å². The van der Waals surface area contributed by atoms with E-state index in [1.807, 2.05) is 12.1 Å². The van der Waals surface area contributed by atoms with E-state index in [0.717, 1.165) is 16.7 Å². The number of hydrogen-bond acceptors (Lipinski definition) is 4. The highest BCUT2D eigenvalue weighted by atomic mass is 35.5. The quantitative estimate of drug-likeness (QED) is 0.633. The van der Waals surface area contributed by atoms with Crippen LogP contribution < -0.4 is 0 Å². The molecule has 0 radical (unpaired) electrons. The molecule has 2 aromatic carbocycles. The molecular formula is C20H19ClN2O3S. The van der Waals surface area contributed by atoms with Gasteiger partial charge in [-0.15, -0.1) is 6.58 Å². The molecule has 0 bridgehead atoms. The molecule has 0 unspecified atom stereocenters. The number of aromatic nitrogens is 2. The van der Waals surface area contributed by atoms with Crippen LogP contribution in [0.3, 0.4) is 0 Å². The zero-order valence-electron chi connectivity index (χ0n) is 14.8. The smallest absolute Gasteiger partial charge is 0.175 e. The van der Waals surface area contributed by atoms with Crippen molar-refractivity contribution in [2.45, 2.75) is 18.0 Å². The van der Waals surface area contributed by atoms with E-state index in [9.17, 15) is 13.5 Å². The number of rotatable bonds is 6. The van der Waals surface area contributed by atoms with Crippen molar-refractivity contribution in [2.24, 2.45) is 0 Å². The molecule has 0 saturated carbocycles. The molecule has 140 valence electrons. The van der Waals surface area contributed by atoms with Gasteiger partial charge in [-0.2, -0.15) is 5.10 Å². The number of allylic oxidation sites excluding steroid dienone is 1. The summed E-state index contributed by atoms with van der Waals surface area (Å²) >= 11 is 6.00. The van der Waals surface area contributed by atoms with Crippen LogP contribution >= 0.6 is 11.6 Å². The Morgan fingerprint density at radius 3 is 2.22 bits per heavy atom. The minimum absolute atomic E-state index is 0.194. The molecule has 0 aliphatic rings. The number of aliphatic hydroxyl groups excluding tert-OH is 1. The molecule has 3 rings (SSSR count). The highest BCUT2D eigenvalue weighted by Gasteiger charge is 2.20. The molecule has 0 atom stereocenters. The van der Waals surface area contributed by atoms with Crippen LogP contribution in [0.5, 0.6) is 0 Å². The van der Waals surface area contributed by atoms with E-state index in [1.54, 1.807) is 47.2 Å². The normalized spacial score (nSPS) is 11.5. The van der Waals surface area contributed by atoms with Gasteiger partial charge in [0.05, 0.1) is 23.7 Å². The third-order valence-electron chi connectivity index (χ3n) is 4.20. The predicted octanol–water partition coefficient (Wildman–Crippen LogP) is 3.95. The van der Waals surface area contributed by atoms with Gasteiger partial charge in [0.2, 0.25) is 0 Å². The molecule has 3 aromatic rings. The topological polar surface area (TPSA) is 72.2 Å². The van der Waals surface area contributed by atoms with Gasteiger partial charge in [0.15, 0.2) is 9.84 Å². The zero-order chi connectivity index (χ0) is 19.6. The molecular weight excluding hydrogens is 384 g/mol. The van der Waals surface area contributed by atoms with Gasteiger partial charge in [-0.3, -0.25) is 4.68 Å². The first kappa shape index (κ1) is 19.4. The number of nitrogens with zero attached hydrogens (tertiary/aromatic N) is 2. The molecule has 0 aliphatic carbocycles. The fourth-order valence-corrected chi connectivity index (χ4v) is 3.67. The van der Waals surface area contributed by atoms with Crippen LogP contribution in [0.1, 0.15) is 5.69 Å². The summed E-state index contributed by atoms with van der Waals surface area (Å²) in [5.41, 5.74) is 3.71. The fraction of sp³-hybridized carbons (Fsp3) is 0.150. The molecule has 0 spiro atoms. The Morgan fingerprint density at radius 1 is 1.11 bits per heavy atom. The summed E-state index contributed by atoms with van der Waals surface area (Å²) in [6.07, 6.45) is 2.87. The van der Waals surface area contributed by atoms with Crippen molar-refractivity contribution in [3.63, 3.8) is 0 Å². The lowest BCUT2D eigenvalue weighted by Crippen LogP contribution is -2.03. The van der Waals surface area contributed by atoms with Crippen LogP contribution in [0.2, 0.25) is 5.02 Å². The van der Waals surface area contributed by atoms with E-state index in [1.165, 1.54) is 6.26 Å². The summed E-state index contributed by atoms with van der Waals surface area (Å²) in [4.78, 5) is 0.243. The summed E-state index contributed by atoms with van der Waals surface area (Å²) in [6.45, 7) is 3.99. The van der Waals surface area contributed by atoms with Crippen LogP contribution in [0.15, 0.2) is 66.1 Å². The van der Waals surface area contributed by atoms with E-state index in [4.69, 9.17) is 11.6 Å². The second kappa shape index (κ2) is 7.68. The lowest BCUT2D eigenvalue weighted by molar-refractivity contribution is 0.270. The average molecular weight is 403 g/mol. The van der Waals surface area contributed by atoms with E-state index in [0.29, 0.717) is 23.0 Å². The maximum atomic E-state index is 11.7. The number of hydrogen-bond donors (Lipinski definition) is 1. The molecule has 1 heterocycles. The van der Waals surface area contributed by atoms with E-state index < -0.39 is 9.84 Å². The first-order chi connectivity index (χ1) is 12.8. The number of halogens is 1. The number of sulfone groups is 1. The van der Waals surface area contributed by atoms with Gasteiger partial charge in [-0.05, 0) is 29.8 Å². The first-order valence-electron chi connectivity index (χ1n) is 8.23. The van der Waals surface area contributed by atoms with Crippen molar-refractivity contribution in [2.75, 3.05) is 6.26 Å². The van der Waals surface area contributed by atoms with Crippen molar-refractivity contribution in [1.82, 2.24) is 9.78 Å². The summed E-state index contributed by atoms with van der Waals surface area (Å²) in [6, 6.07) is 13.8. The van der Waals surface area contributed by atoms with Gasteiger partial charge < -0.3 is 5.11 Å². The minimum Gasteiger partial charge on any atom is -0.390 e. The zero-order valence-corrected chi connectivity index (χ0v) is 16.3. The van der Waals surface area contributed by atoms with E-state index >= 15 is 0 Å². The number of benzene rings is 2. The van der Waals surface area contributed by atoms with Crippen LogP contribution in [0, 0.1) is 0 Å². The average Bonchev–Trinajstić information content (AvgIpc) is 3.00. The second-order valence-corrected chi connectivity index (χ2v) is 8.55. The Morgan fingerprint density at radius 2 is 1.70 bits per heavy atom. The number of aliphatic hydroxyl groups is 1. The summed E-state index contributed by atoms with van der Waals surface area (Å²) in [5, 5.41) is 15.2. The molecule has 0 fully saturated rings. The minimum atomic E-state index is -3.28. The van der Waals surface area contributed by atoms with Crippen molar-refractivity contribution in [3.8, 4) is 22.4 Å². The van der Waals surface area contributed by atoms with Gasteiger partial charge in [-0.25, -0.2) is 8.42 Å². The van der Waals surface area contributed by atoms with Crippen LogP contribution in [0.25, 0.3) is 22.4 Å². The molecule has 5 nitrogen and oxygen atoms in total. The summed E-state index contributed by atoms with van der Waals surface area (Å²) in [5.74, 6) is 0. The SMILES string of the molecule is C=CCn1nc(-c2ccc(S(C)(=O)=O)cc2)c(-c2ccc(Cl)cc2)c1CO. The van der Waals surface area contributed by atoms with Gasteiger partial charge in [0.25, 0.3) is 0 Å². The Kier molecular flexibility index (Phi) is 5.51. The fourth-order valence-electron chi connectivity index (χ4n) is 2.91. The maximum Gasteiger partial charge on any atom is 0.175 e. The third-order valence-corrected chi connectivity index (χ3v) is 5.58. The molecule has 0 saturated heterocycles. The van der Waals surface area contributed by atoms with Crippen molar-refractivity contribution in [1.29, 1.82) is 0 Å². The highest BCUT2D eigenvalue weighted by molar-refractivity contribution is 7.90. The summed E-state index contributed by atoms with van der Waals surface area (Å²) < 4.78 is 25.1. The largest absolute Gasteiger partial charge is 0.390 e. The molecule has 1 N–H and O–H groups in total. The Balaban J connectivity index is 2.22. The van der Waals surface area contributed by atoms with Crippen LogP contribution in [-0.4, -0.2) is 29.6 Å². The maximum absolute atomic E-state index is 11.7. The third kappa shape index (κ3) is 3.98. The van der Waals surface area contributed by atoms with Gasteiger partial charge in [0.1, 0.15) is 5.69 Å². The molecule has 27 heavy (non-hydrogen) atoms. The lowest BCUT2D eigenvalue weighted by Gasteiger charge is -2.07. The predicted molar refractivity (Wildman–Crippen MR) is 107 cm³/mol. The van der Waals surface area contributed by atoms with Crippen molar-refractivity contribution in [3.05, 3.63) is 71.9 Å². The molecule has 0 aliphatic heterocycles. The Bertz CT molecular complexity index is 1070. The highest BCUT2D eigenvalue weighted by Crippen LogP contribution is 2.35. The van der Waals surface area contributed by atoms with Gasteiger partial charge in [0, 0.05) is 22.4 Å². The van der Waals surface area contributed by atoms with Crippen LogP contribution in [-0.2, 0) is 23.0 Å². The van der Waals surface area contributed by atoms with Crippen molar-refractivity contribution < 1.29 is 13.5 Å². The molecule has 0 amide bonds. The summed E-state index contributed by atoms with van der Waals surface area (Å²) in [7, 11) is -3.28. The standard InChI is InChI=1S/C20H19ClN2O3S/c1-3-12-23-18(13-24)19(14-4-8-16(21)9-5-14)20(22-23)15-6-10-17(11-7-15)27(2,25)26/h3-11,24H,1,12-13H2,2H3. The lowest BCUT2D eigenvalue weighted by atomic mass is 9.99. The van der Waals surface area contributed by atoms with E-state index in [-0.39, 0.29) is 11.5 Å². The monoisotopic (exact) mass is 402 g/mol. The first-order valence-corrected chi connectivity index (χ1v) is 10.5. The Labute approximate surface area is 163 Å². The van der Waals surface area contributed by atoms with Gasteiger partial charge in [-0.1, -0.05) is 41.9 Å². The molecule has 1 aromatic heterocycles.